The van der Waals surface area contributed by atoms with E-state index in [0.29, 0.717) is 30.5 Å². The normalized spacial score (nSPS) is 14.3. The number of rotatable bonds is 4. The molecule has 1 aliphatic heterocycles. The van der Waals surface area contributed by atoms with Crippen molar-refractivity contribution in [3.05, 3.63) is 34.9 Å². The van der Waals surface area contributed by atoms with Crippen molar-refractivity contribution in [2.75, 3.05) is 38.3 Å². The predicted molar refractivity (Wildman–Crippen MR) is 89.3 cm³/mol. The highest BCUT2D eigenvalue weighted by molar-refractivity contribution is 5.42. The Labute approximate surface area is 140 Å². The quantitative estimate of drug-likeness (QED) is 0.902. The fourth-order valence-corrected chi connectivity index (χ4v) is 2.71. The molecule has 1 aromatic carbocycles. The van der Waals surface area contributed by atoms with Crippen molar-refractivity contribution in [3.63, 3.8) is 0 Å². The number of nitrogens with zero attached hydrogens (tertiary/aromatic N) is 5. The second kappa shape index (κ2) is 6.56. The monoisotopic (exact) mass is 332 g/mol. The van der Waals surface area contributed by atoms with Crippen LogP contribution in [-0.2, 0) is 19.6 Å². The summed E-state index contributed by atoms with van der Waals surface area (Å²) in [4.78, 5) is 16.3. The molecule has 0 fully saturated rings. The summed E-state index contributed by atoms with van der Waals surface area (Å²) in [6.45, 7) is 1.64. The molecule has 8 heteroatoms. The minimum absolute atomic E-state index is 0.146. The second-order valence-corrected chi connectivity index (χ2v) is 6.08. The van der Waals surface area contributed by atoms with Gasteiger partial charge in [0.25, 0.3) is 0 Å². The summed E-state index contributed by atoms with van der Waals surface area (Å²) >= 11 is 0. The minimum Gasteiger partial charge on any atom is -0.485 e. The van der Waals surface area contributed by atoms with Crippen LogP contribution in [0.15, 0.2) is 12.1 Å². The Bertz CT molecular complexity index is 752. The van der Waals surface area contributed by atoms with E-state index in [4.69, 9.17) is 10.5 Å². The standard InChI is InChI=1S/C16H21FN6O/c1-22(2)16-20-14(19-15(18)21-16)9-24-13-5-4-12(17)10-6-7-23(3)8-11(10)13/h4-5H,6-9H2,1-3H3,(H2,18,19,20,21). The third-order valence-corrected chi connectivity index (χ3v) is 3.95. The van der Waals surface area contributed by atoms with E-state index in [1.165, 1.54) is 6.07 Å². The van der Waals surface area contributed by atoms with E-state index in [-0.39, 0.29) is 18.4 Å². The number of anilines is 2. The van der Waals surface area contributed by atoms with Crippen molar-refractivity contribution in [2.45, 2.75) is 19.6 Å². The van der Waals surface area contributed by atoms with Crippen LogP contribution >= 0.6 is 0 Å². The fourth-order valence-electron chi connectivity index (χ4n) is 2.71. The molecule has 2 heterocycles. The minimum atomic E-state index is -0.176. The van der Waals surface area contributed by atoms with Crippen molar-refractivity contribution in [1.82, 2.24) is 19.9 Å². The molecule has 1 aliphatic rings. The van der Waals surface area contributed by atoms with Gasteiger partial charge in [0, 0.05) is 32.7 Å². The van der Waals surface area contributed by atoms with Crippen LogP contribution in [0.3, 0.4) is 0 Å². The number of benzene rings is 1. The van der Waals surface area contributed by atoms with Gasteiger partial charge in [-0.15, -0.1) is 0 Å². The predicted octanol–water partition coefficient (Wildman–Crippen LogP) is 1.23. The summed E-state index contributed by atoms with van der Waals surface area (Å²) in [6, 6.07) is 3.11. The zero-order valence-corrected chi connectivity index (χ0v) is 14.1. The molecule has 7 nitrogen and oxygen atoms in total. The largest absolute Gasteiger partial charge is 0.485 e. The van der Waals surface area contributed by atoms with E-state index >= 15 is 0 Å². The van der Waals surface area contributed by atoms with Gasteiger partial charge >= 0.3 is 0 Å². The maximum absolute atomic E-state index is 14.0. The van der Waals surface area contributed by atoms with E-state index in [1.807, 2.05) is 21.1 Å². The molecule has 0 saturated heterocycles. The van der Waals surface area contributed by atoms with Gasteiger partial charge in [-0.3, -0.25) is 0 Å². The zero-order valence-electron chi connectivity index (χ0n) is 14.1. The van der Waals surface area contributed by atoms with Crippen LogP contribution in [0.1, 0.15) is 17.0 Å². The van der Waals surface area contributed by atoms with E-state index < -0.39 is 0 Å². The molecule has 0 saturated carbocycles. The lowest BCUT2D eigenvalue weighted by molar-refractivity contribution is 0.267. The van der Waals surface area contributed by atoms with Crippen LogP contribution < -0.4 is 15.4 Å². The van der Waals surface area contributed by atoms with Crippen LogP contribution in [0.4, 0.5) is 16.3 Å². The van der Waals surface area contributed by atoms with Gasteiger partial charge in [0.2, 0.25) is 11.9 Å². The Morgan fingerprint density at radius 3 is 2.79 bits per heavy atom. The first-order valence-electron chi connectivity index (χ1n) is 7.73. The third kappa shape index (κ3) is 3.38. The number of nitrogen functional groups attached to an aromatic ring is 1. The molecule has 0 spiro atoms. The summed E-state index contributed by atoms with van der Waals surface area (Å²) in [5, 5.41) is 0. The molecule has 2 aromatic rings. The van der Waals surface area contributed by atoms with Gasteiger partial charge in [0.05, 0.1) is 0 Å². The summed E-state index contributed by atoms with van der Waals surface area (Å²) < 4.78 is 19.9. The van der Waals surface area contributed by atoms with Crippen molar-refractivity contribution in [1.29, 1.82) is 0 Å². The Hall–Kier alpha value is -2.48. The molecule has 3 rings (SSSR count). The van der Waals surface area contributed by atoms with Crippen LogP contribution in [-0.4, -0.2) is 47.5 Å². The smallest absolute Gasteiger partial charge is 0.230 e. The first-order valence-corrected chi connectivity index (χ1v) is 7.73. The number of ether oxygens (including phenoxy) is 1. The molecule has 0 amide bonds. The molecule has 2 N–H and O–H groups in total. The van der Waals surface area contributed by atoms with Gasteiger partial charge in [0.15, 0.2) is 5.82 Å². The molecule has 0 unspecified atom stereocenters. The van der Waals surface area contributed by atoms with Crippen LogP contribution in [0.25, 0.3) is 0 Å². The number of likely N-dealkylation sites (N-methyl/N-ethyl adjacent to an activating group) is 1. The first-order chi connectivity index (χ1) is 11.4. The van der Waals surface area contributed by atoms with Crippen LogP contribution in [0, 0.1) is 5.82 Å². The first kappa shape index (κ1) is 16.4. The molecular weight excluding hydrogens is 311 g/mol. The molecule has 1 aromatic heterocycles. The Morgan fingerprint density at radius 1 is 1.25 bits per heavy atom. The van der Waals surface area contributed by atoms with Crippen molar-refractivity contribution in [3.8, 4) is 5.75 Å². The van der Waals surface area contributed by atoms with Gasteiger partial charge in [-0.25, -0.2) is 4.39 Å². The maximum atomic E-state index is 14.0. The van der Waals surface area contributed by atoms with E-state index in [0.717, 1.165) is 17.7 Å². The van der Waals surface area contributed by atoms with Gasteiger partial charge in [0.1, 0.15) is 18.2 Å². The molecule has 0 radical (unpaired) electrons. The lowest BCUT2D eigenvalue weighted by atomic mass is 9.98. The average molecular weight is 332 g/mol. The average Bonchev–Trinajstić information content (AvgIpc) is 2.53. The molecule has 0 atom stereocenters. The highest BCUT2D eigenvalue weighted by Gasteiger charge is 2.21. The van der Waals surface area contributed by atoms with E-state index in [1.54, 1.807) is 11.0 Å². The molecule has 0 bridgehead atoms. The van der Waals surface area contributed by atoms with Gasteiger partial charge < -0.3 is 20.3 Å². The fraction of sp³-hybridized carbons (Fsp3) is 0.438. The summed E-state index contributed by atoms with van der Waals surface area (Å²) in [6.07, 6.45) is 0.679. The Kier molecular flexibility index (Phi) is 4.48. The number of hydrogen-bond donors (Lipinski definition) is 1. The number of fused-ring (bicyclic) bond motifs is 1. The van der Waals surface area contributed by atoms with Crippen molar-refractivity contribution in [2.24, 2.45) is 0 Å². The van der Waals surface area contributed by atoms with E-state index in [9.17, 15) is 4.39 Å². The van der Waals surface area contributed by atoms with Gasteiger partial charge in [-0.2, -0.15) is 15.0 Å². The summed E-state index contributed by atoms with van der Waals surface area (Å²) in [5.74, 6) is 1.54. The SMILES string of the molecule is CN1CCc2c(F)ccc(OCc3nc(N)nc(N(C)C)n3)c2C1. The molecule has 0 aliphatic carbocycles. The second-order valence-electron chi connectivity index (χ2n) is 6.08. The third-order valence-electron chi connectivity index (χ3n) is 3.95. The molecule has 128 valence electrons. The number of hydrogen-bond acceptors (Lipinski definition) is 7. The number of aromatic nitrogens is 3. The molecular formula is C16H21FN6O. The van der Waals surface area contributed by atoms with Crippen LogP contribution in [0.2, 0.25) is 0 Å². The highest BCUT2D eigenvalue weighted by atomic mass is 19.1. The summed E-state index contributed by atoms with van der Waals surface area (Å²) in [7, 11) is 5.66. The van der Waals surface area contributed by atoms with Crippen LogP contribution in [0.5, 0.6) is 5.75 Å². The number of halogens is 1. The van der Waals surface area contributed by atoms with Crippen molar-refractivity contribution >= 4 is 11.9 Å². The number of nitrogens with two attached hydrogens (primary N) is 1. The van der Waals surface area contributed by atoms with Crippen molar-refractivity contribution < 1.29 is 9.13 Å². The topological polar surface area (TPSA) is 80.4 Å². The van der Waals surface area contributed by atoms with Gasteiger partial charge in [-0.05, 0) is 31.2 Å². The molecule has 24 heavy (non-hydrogen) atoms. The van der Waals surface area contributed by atoms with Gasteiger partial charge in [-0.1, -0.05) is 0 Å². The maximum Gasteiger partial charge on any atom is 0.230 e. The highest BCUT2D eigenvalue weighted by Crippen LogP contribution is 2.30. The van der Waals surface area contributed by atoms with E-state index in [2.05, 4.69) is 19.9 Å². The Morgan fingerprint density at radius 2 is 2.04 bits per heavy atom. The summed E-state index contributed by atoms with van der Waals surface area (Å²) in [5.41, 5.74) is 7.33. The Balaban J connectivity index is 1.83. The zero-order chi connectivity index (χ0) is 17.3. The lowest BCUT2D eigenvalue weighted by Gasteiger charge is -2.27. The lowest BCUT2D eigenvalue weighted by Crippen LogP contribution is -2.27.